The van der Waals surface area contributed by atoms with Gasteiger partial charge in [-0.05, 0) is 109 Å². The summed E-state index contributed by atoms with van der Waals surface area (Å²) < 4.78 is 68.7. The number of piperazine rings is 1. The SMILES string of the molecule is Cc1ccc(C2=C(CN3CCN(c4ccc(C(=O)NSc5ccc(NCCSc6ccccc6)c(S(=O)(=O)C(F)(F)F)c5)cc4)CC3)CC(C)(C)CC2)cc1. The third kappa shape index (κ3) is 10.5. The summed E-state index contributed by atoms with van der Waals surface area (Å²) in [6, 6.07) is 29.4. The molecule has 1 amide bonds. The van der Waals surface area contributed by atoms with E-state index in [2.05, 4.69) is 64.9 Å². The van der Waals surface area contributed by atoms with Gasteiger partial charge >= 0.3 is 5.51 Å². The van der Waals surface area contributed by atoms with Crippen LogP contribution in [-0.4, -0.2) is 69.8 Å². The van der Waals surface area contributed by atoms with Crippen LogP contribution in [0.3, 0.4) is 0 Å². The number of anilines is 2. The first kappa shape index (κ1) is 40.7. The molecule has 1 fully saturated rings. The molecule has 0 aromatic heterocycles. The van der Waals surface area contributed by atoms with E-state index < -0.39 is 26.1 Å². The Morgan fingerprint density at radius 1 is 0.873 bits per heavy atom. The molecular weight excluding hydrogens is 762 g/mol. The quantitative estimate of drug-likeness (QED) is 0.0786. The average molecular weight is 809 g/mol. The molecule has 0 atom stereocenters. The highest BCUT2D eigenvalue weighted by Gasteiger charge is 2.48. The van der Waals surface area contributed by atoms with Crippen LogP contribution in [0.1, 0.15) is 54.6 Å². The number of allylic oxidation sites excluding steroid dienone is 1. The number of aryl methyl sites for hydroxylation is 1. The molecule has 1 aliphatic heterocycles. The molecule has 1 aliphatic carbocycles. The fraction of sp³-hybridized carbons (Fsp3) is 0.357. The number of nitrogens with one attached hydrogen (secondary N) is 2. The number of rotatable bonds is 13. The zero-order valence-electron chi connectivity index (χ0n) is 31.3. The highest BCUT2D eigenvalue weighted by atomic mass is 32.2. The van der Waals surface area contributed by atoms with E-state index in [0.29, 0.717) is 16.7 Å². The lowest BCUT2D eigenvalue weighted by Crippen LogP contribution is -2.47. The minimum absolute atomic E-state index is 0.147. The van der Waals surface area contributed by atoms with Crippen LogP contribution in [0.2, 0.25) is 0 Å². The Kier molecular flexibility index (Phi) is 13.0. The van der Waals surface area contributed by atoms with Crippen LogP contribution in [0.5, 0.6) is 0 Å². The number of hydrogen-bond acceptors (Lipinski definition) is 8. The summed E-state index contributed by atoms with van der Waals surface area (Å²) >= 11 is 2.25. The molecule has 0 unspecified atom stereocenters. The van der Waals surface area contributed by atoms with E-state index >= 15 is 0 Å². The summed E-state index contributed by atoms with van der Waals surface area (Å²) in [4.78, 5) is 18.2. The number of amides is 1. The van der Waals surface area contributed by atoms with Crippen LogP contribution in [-0.2, 0) is 9.84 Å². The number of hydrogen-bond donors (Lipinski definition) is 2. The summed E-state index contributed by atoms with van der Waals surface area (Å²) in [7, 11) is -5.66. The first-order valence-electron chi connectivity index (χ1n) is 18.4. The van der Waals surface area contributed by atoms with Crippen LogP contribution in [0.25, 0.3) is 5.57 Å². The van der Waals surface area contributed by atoms with E-state index in [1.54, 1.807) is 17.7 Å². The largest absolute Gasteiger partial charge is 0.501 e. The fourth-order valence-electron chi connectivity index (χ4n) is 7.02. The molecule has 2 N–H and O–H groups in total. The second-order valence-corrected chi connectivity index (χ2v) is 18.8. The molecular formula is C42H47F3N4O3S3. The Balaban J connectivity index is 1.04. The van der Waals surface area contributed by atoms with Gasteiger partial charge in [-0.15, -0.1) is 11.8 Å². The van der Waals surface area contributed by atoms with E-state index in [9.17, 15) is 26.4 Å². The fourth-order valence-corrected chi connectivity index (χ4v) is 9.49. The van der Waals surface area contributed by atoms with Crippen molar-refractivity contribution in [3.8, 4) is 0 Å². The first-order valence-corrected chi connectivity index (χ1v) is 21.7. The predicted octanol–water partition coefficient (Wildman–Crippen LogP) is 9.72. The van der Waals surface area contributed by atoms with E-state index in [0.717, 1.165) is 74.2 Å². The highest BCUT2D eigenvalue weighted by molar-refractivity contribution is 7.99. The monoisotopic (exact) mass is 808 g/mol. The summed E-state index contributed by atoms with van der Waals surface area (Å²) in [6.07, 6.45) is 3.39. The topological polar surface area (TPSA) is 81.8 Å². The van der Waals surface area contributed by atoms with Gasteiger partial charge in [-0.2, -0.15) is 13.2 Å². The molecule has 292 valence electrons. The number of sulfone groups is 1. The second kappa shape index (κ2) is 17.5. The van der Waals surface area contributed by atoms with Gasteiger partial charge in [0.2, 0.25) is 0 Å². The maximum atomic E-state index is 13.7. The average Bonchev–Trinajstić information content (AvgIpc) is 3.16. The van der Waals surface area contributed by atoms with E-state index in [4.69, 9.17) is 0 Å². The van der Waals surface area contributed by atoms with Crippen molar-refractivity contribution in [3.05, 3.63) is 119 Å². The molecule has 6 rings (SSSR count). The van der Waals surface area contributed by atoms with Gasteiger partial charge in [0, 0.05) is 66.1 Å². The Bertz CT molecular complexity index is 2080. The summed E-state index contributed by atoms with van der Waals surface area (Å²) in [5.41, 5.74) is 1.69. The number of alkyl halides is 3. The van der Waals surface area contributed by atoms with Crippen LogP contribution < -0.4 is 14.9 Å². The van der Waals surface area contributed by atoms with Crippen molar-refractivity contribution < 1.29 is 26.4 Å². The molecule has 4 aromatic carbocycles. The van der Waals surface area contributed by atoms with Gasteiger partial charge in [0.25, 0.3) is 15.7 Å². The minimum atomic E-state index is -5.66. The van der Waals surface area contributed by atoms with Crippen molar-refractivity contribution in [2.45, 2.75) is 60.2 Å². The third-order valence-corrected chi connectivity index (χ3v) is 13.4. The van der Waals surface area contributed by atoms with Crippen molar-refractivity contribution in [1.29, 1.82) is 0 Å². The van der Waals surface area contributed by atoms with E-state index in [1.807, 2.05) is 42.5 Å². The van der Waals surface area contributed by atoms with Gasteiger partial charge in [-0.25, -0.2) is 8.42 Å². The Labute approximate surface area is 331 Å². The molecule has 0 bridgehead atoms. The summed E-state index contributed by atoms with van der Waals surface area (Å²) in [5, 5.41) is 2.84. The molecule has 1 saturated heterocycles. The summed E-state index contributed by atoms with van der Waals surface area (Å²) in [6.45, 7) is 11.6. The highest BCUT2D eigenvalue weighted by Crippen LogP contribution is 2.43. The normalized spacial score (nSPS) is 16.6. The van der Waals surface area contributed by atoms with Crippen LogP contribution in [0.4, 0.5) is 24.5 Å². The van der Waals surface area contributed by atoms with Gasteiger partial charge in [0.15, 0.2) is 0 Å². The van der Waals surface area contributed by atoms with Crippen LogP contribution in [0, 0.1) is 12.3 Å². The predicted molar refractivity (Wildman–Crippen MR) is 219 cm³/mol. The van der Waals surface area contributed by atoms with Gasteiger partial charge < -0.3 is 10.2 Å². The van der Waals surface area contributed by atoms with Gasteiger partial charge in [-0.1, -0.05) is 67.4 Å². The number of carbonyl (C=O) groups excluding carboxylic acids is 1. The maximum absolute atomic E-state index is 13.7. The molecule has 1 heterocycles. The Morgan fingerprint density at radius 3 is 2.24 bits per heavy atom. The molecule has 0 radical (unpaired) electrons. The third-order valence-electron chi connectivity index (χ3n) is 10.1. The maximum Gasteiger partial charge on any atom is 0.501 e. The lowest BCUT2D eigenvalue weighted by atomic mass is 9.72. The Hall–Kier alpha value is -3.91. The van der Waals surface area contributed by atoms with Crippen molar-refractivity contribution in [1.82, 2.24) is 9.62 Å². The van der Waals surface area contributed by atoms with Crippen molar-refractivity contribution >= 4 is 56.4 Å². The Morgan fingerprint density at radius 2 is 1.56 bits per heavy atom. The molecule has 0 saturated carbocycles. The number of nitrogens with zero attached hydrogens (tertiary/aromatic N) is 2. The van der Waals surface area contributed by atoms with Crippen molar-refractivity contribution in [2.75, 3.05) is 55.2 Å². The lowest BCUT2D eigenvalue weighted by Gasteiger charge is -2.39. The number of halogens is 3. The lowest BCUT2D eigenvalue weighted by molar-refractivity contribution is -0.0435. The summed E-state index contributed by atoms with van der Waals surface area (Å²) in [5.74, 6) is 0.0546. The number of benzene rings is 4. The minimum Gasteiger partial charge on any atom is -0.383 e. The van der Waals surface area contributed by atoms with Crippen LogP contribution >= 0.6 is 23.7 Å². The second-order valence-electron chi connectivity index (χ2n) is 14.8. The van der Waals surface area contributed by atoms with Gasteiger partial charge in [-0.3, -0.25) is 14.4 Å². The zero-order valence-corrected chi connectivity index (χ0v) is 33.7. The molecule has 4 aromatic rings. The zero-order chi connectivity index (χ0) is 39.2. The van der Waals surface area contributed by atoms with Crippen molar-refractivity contribution in [3.63, 3.8) is 0 Å². The molecule has 55 heavy (non-hydrogen) atoms. The molecule has 13 heteroatoms. The van der Waals surface area contributed by atoms with E-state index in [-0.39, 0.29) is 17.1 Å². The number of carbonyl (C=O) groups is 1. The smallest absolute Gasteiger partial charge is 0.383 e. The van der Waals surface area contributed by atoms with Gasteiger partial charge in [0.05, 0.1) is 5.69 Å². The van der Waals surface area contributed by atoms with Gasteiger partial charge in [0.1, 0.15) is 4.90 Å². The number of thioether (sulfide) groups is 1. The van der Waals surface area contributed by atoms with Crippen molar-refractivity contribution in [2.24, 2.45) is 5.41 Å². The first-order chi connectivity index (χ1) is 26.2. The molecule has 7 nitrogen and oxygen atoms in total. The standard InChI is InChI=1S/C42H47F3N4O3S3/c1-30-9-11-31(12-10-30)37-19-20-41(2,3)28-33(37)29-48-22-24-49(25-23-48)34-15-13-32(14-16-34)40(50)47-54-36-17-18-38(39(27-36)55(51,52)42(43,44)45)46-21-26-53-35-7-5-4-6-8-35/h4-18,27,46H,19-26,28-29H2,1-3H3,(H,47,50). The molecule has 2 aliphatic rings. The van der Waals surface area contributed by atoms with Crippen LogP contribution in [0.15, 0.2) is 117 Å². The molecule has 0 spiro atoms. The van der Waals surface area contributed by atoms with E-state index in [1.165, 1.54) is 47.0 Å².